The van der Waals surface area contributed by atoms with Crippen molar-refractivity contribution in [2.45, 2.75) is 45.1 Å². The number of nitrogens with one attached hydrogen (secondary N) is 1. The third-order valence-corrected chi connectivity index (χ3v) is 3.27. The van der Waals surface area contributed by atoms with Crippen LogP contribution in [-0.2, 0) is 4.79 Å². The normalized spacial score (nSPS) is 11.4. The van der Waals surface area contributed by atoms with Crippen molar-refractivity contribution in [1.29, 1.82) is 5.26 Å². The Morgan fingerprint density at radius 1 is 1.24 bits per heavy atom. The zero-order chi connectivity index (χ0) is 15.7. The van der Waals surface area contributed by atoms with E-state index in [1.165, 1.54) is 0 Å². The van der Waals surface area contributed by atoms with Gasteiger partial charge in [0.25, 0.3) is 5.91 Å². The van der Waals surface area contributed by atoms with Crippen LogP contribution >= 0.6 is 0 Å². The van der Waals surface area contributed by atoms with Crippen molar-refractivity contribution in [1.82, 2.24) is 5.32 Å². The number of unbranched alkanes of at least 4 members (excludes halogenated alkanes) is 3. The molecule has 0 aliphatic rings. The summed E-state index contributed by atoms with van der Waals surface area (Å²) in [4.78, 5) is 23.4. The summed E-state index contributed by atoms with van der Waals surface area (Å²) < 4.78 is 0. The van der Waals surface area contributed by atoms with Gasteiger partial charge in [-0.1, -0.05) is 32.6 Å². The molecule has 5 nitrogen and oxygen atoms in total. The Labute approximate surface area is 125 Å². The summed E-state index contributed by atoms with van der Waals surface area (Å²) in [6, 6.07) is 7.58. The van der Waals surface area contributed by atoms with E-state index in [0.29, 0.717) is 17.5 Å². The molecule has 0 aromatic heterocycles. The lowest BCUT2D eigenvalue weighted by Crippen LogP contribution is -2.44. The second-order valence-electron chi connectivity index (χ2n) is 4.97. The van der Waals surface area contributed by atoms with E-state index in [4.69, 9.17) is 11.0 Å². The van der Waals surface area contributed by atoms with Crippen molar-refractivity contribution in [2.24, 2.45) is 5.73 Å². The number of amides is 2. The van der Waals surface area contributed by atoms with Crippen molar-refractivity contribution in [3.05, 3.63) is 35.4 Å². The van der Waals surface area contributed by atoms with Gasteiger partial charge in [0.2, 0.25) is 5.91 Å². The Bertz CT molecular complexity index is 517. The molecule has 5 heteroatoms. The molecule has 1 atom stereocenters. The molecule has 0 unspecified atom stereocenters. The standard InChI is InChI=1S/C16H21N3O2/c1-2-3-4-5-6-14(15(18)20)19-16(21)13-9-7-12(11-17)8-10-13/h7-10,14H,2-6H2,1H3,(H2,18,20)(H,19,21)/t14-/m0/s1. The molecule has 0 spiro atoms. The molecule has 0 heterocycles. The molecular formula is C16H21N3O2. The van der Waals surface area contributed by atoms with E-state index in [1.54, 1.807) is 24.3 Å². The van der Waals surface area contributed by atoms with E-state index >= 15 is 0 Å². The third kappa shape index (κ3) is 5.65. The number of hydrogen-bond acceptors (Lipinski definition) is 3. The van der Waals surface area contributed by atoms with Gasteiger partial charge in [-0.15, -0.1) is 0 Å². The Morgan fingerprint density at radius 2 is 1.90 bits per heavy atom. The number of nitrogens with zero attached hydrogens (tertiary/aromatic N) is 1. The van der Waals surface area contributed by atoms with Crippen LogP contribution in [0.2, 0.25) is 0 Å². The van der Waals surface area contributed by atoms with Crippen LogP contribution in [0.1, 0.15) is 54.9 Å². The molecule has 0 aliphatic carbocycles. The quantitative estimate of drug-likeness (QED) is 0.717. The van der Waals surface area contributed by atoms with Crippen molar-refractivity contribution in [3.63, 3.8) is 0 Å². The van der Waals surface area contributed by atoms with Crippen molar-refractivity contribution in [2.75, 3.05) is 0 Å². The summed E-state index contributed by atoms with van der Waals surface area (Å²) in [7, 11) is 0. The molecule has 112 valence electrons. The highest BCUT2D eigenvalue weighted by Gasteiger charge is 2.18. The zero-order valence-electron chi connectivity index (χ0n) is 12.3. The largest absolute Gasteiger partial charge is 0.368 e. The van der Waals surface area contributed by atoms with Crippen LogP contribution in [0.3, 0.4) is 0 Å². The zero-order valence-corrected chi connectivity index (χ0v) is 12.3. The van der Waals surface area contributed by atoms with Gasteiger partial charge in [-0.05, 0) is 30.7 Å². The van der Waals surface area contributed by atoms with Crippen LogP contribution in [0.25, 0.3) is 0 Å². The Kier molecular flexibility index (Phi) is 6.96. The maximum Gasteiger partial charge on any atom is 0.251 e. The molecule has 1 aromatic carbocycles. The van der Waals surface area contributed by atoms with Crippen LogP contribution in [0.15, 0.2) is 24.3 Å². The fraction of sp³-hybridized carbons (Fsp3) is 0.438. The predicted molar refractivity (Wildman–Crippen MR) is 80.4 cm³/mol. The molecule has 3 N–H and O–H groups in total. The fourth-order valence-electron chi connectivity index (χ4n) is 2.00. The summed E-state index contributed by atoms with van der Waals surface area (Å²) in [5.41, 5.74) is 6.22. The summed E-state index contributed by atoms with van der Waals surface area (Å²) in [5, 5.41) is 11.4. The molecule has 0 saturated carbocycles. The predicted octanol–water partition coefficient (Wildman–Crippen LogP) is 2.11. The minimum atomic E-state index is -0.648. The minimum absolute atomic E-state index is 0.348. The monoisotopic (exact) mass is 287 g/mol. The molecule has 1 aromatic rings. The minimum Gasteiger partial charge on any atom is -0.368 e. The van der Waals surface area contributed by atoms with Crippen LogP contribution in [0.5, 0.6) is 0 Å². The van der Waals surface area contributed by atoms with Gasteiger partial charge < -0.3 is 11.1 Å². The Morgan fingerprint density at radius 3 is 2.43 bits per heavy atom. The highest BCUT2D eigenvalue weighted by atomic mass is 16.2. The van der Waals surface area contributed by atoms with Crippen LogP contribution in [0.4, 0.5) is 0 Å². The van der Waals surface area contributed by atoms with E-state index < -0.39 is 11.9 Å². The van der Waals surface area contributed by atoms with Crippen LogP contribution in [-0.4, -0.2) is 17.9 Å². The molecule has 21 heavy (non-hydrogen) atoms. The summed E-state index contributed by atoms with van der Waals surface area (Å²) >= 11 is 0. The summed E-state index contributed by atoms with van der Waals surface area (Å²) in [6.07, 6.45) is 4.65. The molecule has 2 amide bonds. The first-order chi connectivity index (χ1) is 10.1. The maximum absolute atomic E-state index is 12.0. The van der Waals surface area contributed by atoms with E-state index in [1.807, 2.05) is 6.07 Å². The summed E-state index contributed by atoms with van der Waals surface area (Å²) in [5.74, 6) is -0.868. The number of nitrogens with two attached hydrogens (primary N) is 1. The van der Waals surface area contributed by atoms with Gasteiger partial charge in [0, 0.05) is 5.56 Å². The number of hydrogen-bond donors (Lipinski definition) is 2. The lowest BCUT2D eigenvalue weighted by Gasteiger charge is -2.15. The molecule has 1 rings (SSSR count). The van der Waals surface area contributed by atoms with E-state index in [2.05, 4.69) is 12.2 Å². The molecule has 0 bridgehead atoms. The van der Waals surface area contributed by atoms with Crippen molar-refractivity contribution < 1.29 is 9.59 Å². The van der Waals surface area contributed by atoms with Gasteiger partial charge in [-0.25, -0.2) is 0 Å². The van der Waals surface area contributed by atoms with E-state index in [-0.39, 0.29) is 5.91 Å². The molecular weight excluding hydrogens is 266 g/mol. The van der Waals surface area contributed by atoms with Gasteiger partial charge in [-0.3, -0.25) is 9.59 Å². The lowest BCUT2D eigenvalue weighted by atomic mass is 10.1. The van der Waals surface area contributed by atoms with Crippen LogP contribution < -0.4 is 11.1 Å². The maximum atomic E-state index is 12.0. The third-order valence-electron chi connectivity index (χ3n) is 3.27. The number of carbonyl (C=O) groups excluding carboxylic acids is 2. The number of benzene rings is 1. The Balaban J connectivity index is 2.59. The molecule has 0 aliphatic heterocycles. The van der Waals surface area contributed by atoms with Gasteiger partial charge in [0.05, 0.1) is 11.6 Å². The van der Waals surface area contributed by atoms with Crippen molar-refractivity contribution in [3.8, 4) is 6.07 Å². The summed E-state index contributed by atoms with van der Waals surface area (Å²) in [6.45, 7) is 2.11. The second kappa shape index (κ2) is 8.75. The average Bonchev–Trinajstić information content (AvgIpc) is 2.50. The molecule has 0 saturated heterocycles. The number of primary amides is 1. The topological polar surface area (TPSA) is 96.0 Å². The highest BCUT2D eigenvalue weighted by molar-refractivity contribution is 5.97. The average molecular weight is 287 g/mol. The number of rotatable bonds is 8. The number of nitriles is 1. The Hall–Kier alpha value is -2.35. The van der Waals surface area contributed by atoms with Crippen molar-refractivity contribution >= 4 is 11.8 Å². The molecule has 0 radical (unpaired) electrons. The first-order valence-electron chi connectivity index (χ1n) is 7.18. The smallest absolute Gasteiger partial charge is 0.251 e. The lowest BCUT2D eigenvalue weighted by molar-refractivity contribution is -0.120. The SMILES string of the molecule is CCCCCC[C@H](NC(=O)c1ccc(C#N)cc1)C(N)=O. The molecule has 0 fully saturated rings. The number of carbonyl (C=O) groups is 2. The first-order valence-corrected chi connectivity index (χ1v) is 7.18. The first kappa shape index (κ1) is 16.7. The van der Waals surface area contributed by atoms with Gasteiger partial charge >= 0.3 is 0 Å². The second-order valence-corrected chi connectivity index (χ2v) is 4.97. The van der Waals surface area contributed by atoms with Gasteiger partial charge in [0.15, 0.2) is 0 Å². The van der Waals surface area contributed by atoms with Gasteiger partial charge in [-0.2, -0.15) is 5.26 Å². The highest BCUT2D eigenvalue weighted by Crippen LogP contribution is 2.08. The van der Waals surface area contributed by atoms with E-state index in [9.17, 15) is 9.59 Å². The fourth-order valence-corrected chi connectivity index (χ4v) is 2.00. The van der Waals surface area contributed by atoms with E-state index in [0.717, 1.165) is 25.7 Å². The van der Waals surface area contributed by atoms with Crippen LogP contribution in [0, 0.1) is 11.3 Å². The van der Waals surface area contributed by atoms with Gasteiger partial charge in [0.1, 0.15) is 6.04 Å².